The van der Waals surface area contributed by atoms with Crippen molar-refractivity contribution in [2.45, 2.75) is 26.3 Å². The number of halogens is 1. The lowest BCUT2D eigenvalue weighted by Gasteiger charge is -2.11. The second kappa shape index (κ2) is 5.19. The topological polar surface area (TPSA) is 26.0 Å². The molecular weight excluding hydrogens is 238 g/mol. The molecule has 0 amide bonds. The van der Waals surface area contributed by atoms with Gasteiger partial charge in [0.2, 0.25) is 0 Å². The summed E-state index contributed by atoms with van der Waals surface area (Å²) in [6.07, 6.45) is 0.707. The average molecular weight is 252 g/mol. The number of aryl methyl sites for hydroxylation is 1. The van der Waals surface area contributed by atoms with Crippen LogP contribution >= 0.6 is 15.9 Å². The summed E-state index contributed by atoms with van der Waals surface area (Å²) in [5.74, 6) is 5.85. The van der Waals surface area contributed by atoms with E-state index in [1.165, 1.54) is 5.56 Å². The molecule has 0 aliphatic rings. The van der Waals surface area contributed by atoms with Crippen LogP contribution in [0.1, 0.15) is 30.5 Å². The molecule has 1 atom stereocenters. The summed E-state index contributed by atoms with van der Waals surface area (Å²) < 4.78 is 1.07. The minimum absolute atomic E-state index is 0.00238. The third-order valence-electron chi connectivity index (χ3n) is 2.05. The van der Waals surface area contributed by atoms with E-state index in [2.05, 4.69) is 52.9 Å². The summed E-state index contributed by atoms with van der Waals surface area (Å²) in [6, 6.07) is 6.20. The van der Waals surface area contributed by atoms with Gasteiger partial charge in [-0.05, 0) is 31.0 Å². The van der Waals surface area contributed by atoms with Gasteiger partial charge in [-0.2, -0.15) is 0 Å². The summed E-state index contributed by atoms with van der Waals surface area (Å²) in [6.45, 7) is 3.89. The highest BCUT2D eigenvalue weighted by atomic mass is 79.9. The molecule has 74 valence electrons. The van der Waals surface area contributed by atoms with Crippen LogP contribution in [0.4, 0.5) is 0 Å². The fraction of sp³-hybridized carbons (Fsp3) is 0.333. The van der Waals surface area contributed by atoms with Gasteiger partial charge in [-0.15, -0.1) is 11.8 Å². The zero-order chi connectivity index (χ0) is 10.6. The Hall–Kier alpha value is -0.780. The standard InChI is InChI=1S/C12H14BrN/c1-3-4-5-12(14)10-7-6-9(2)8-11(10)13/h6-8,12H,5,14H2,1-2H3. The van der Waals surface area contributed by atoms with E-state index in [9.17, 15) is 0 Å². The van der Waals surface area contributed by atoms with E-state index in [4.69, 9.17) is 5.73 Å². The Balaban J connectivity index is 2.88. The van der Waals surface area contributed by atoms with Crippen LogP contribution in [0, 0.1) is 18.8 Å². The van der Waals surface area contributed by atoms with Crippen LogP contribution in [0.15, 0.2) is 22.7 Å². The molecule has 0 heterocycles. The lowest BCUT2D eigenvalue weighted by Crippen LogP contribution is -2.09. The number of rotatable bonds is 2. The van der Waals surface area contributed by atoms with E-state index < -0.39 is 0 Å². The highest BCUT2D eigenvalue weighted by Crippen LogP contribution is 2.24. The fourth-order valence-electron chi connectivity index (χ4n) is 1.25. The molecule has 0 bridgehead atoms. The Labute approximate surface area is 93.8 Å². The highest BCUT2D eigenvalue weighted by molar-refractivity contribution is 9.10. The van der Waals surface area contributed by atoms with E-state index in [0.717, 1.165) is 10.0 Å². The number of hydrogen-bond donors (Lipinski definition) is 1. The van der Waals surface area contributed by atoms with Gasteiger partial charge in [-0.3, -0.25) is 0 Å². The first-order chi connectivity index (χ1) is 6.65. The number of hydrogen-bond acceptors (Lipinski definition) is 1. The van der Waals surface area contributed by atoms with E-state index in [-0.39, 0.29) is 6.04 Å². The summed E-state index contributed by atoms with van der Waals surface area (Å²) in [5.41, 5.74) is 8.35. The third kappa shape index (κ3) is 2.87. The van der Waals surface area contributed by atoms with Crippen molar-refractivity contribution in [3.8, 4) is 11.8 Å². The van der Waals surface area contributed by atoms with Crippen LogP contribution in [-0.4, -0.2) is 0 Å². The molecule has 14 heavy (non-hydrogen) atoms. The predicted molar refractivity (Wildman–Crippen MR) is 63.9 cm³/mol. The van der Waals surface area contributed by atoms with Gasteiger partial charge in [0.05, 0.1) is 0 Å². The van der Waals surface area contributed by atoms with Gasteiger partial charge in [0.15, 0.2) is 0 Å². The molecule has 0 aliphatic carbocycles. The monoisotopic (exact) mass is 251 g/mol. The van der Waals surface area contributed by atoms with Gasteiger partial charge < -0.3 is 5.73 Å². The molecule has 1 aromatic rings. The van der Waals surface area contributed by atoms with Crippen LogP contribution in [0.5, 0.6) is 0 Å². The summed E-state index contributed by atoms with van der Waals surface area (Å²) >= 11 is 3.51. The Bertz CT molecular complexity index is 374. The van der Waals surface area contributed by atoms with Crippen LogP contribution in [0.3, 0.4) is 0 Å². The van der Waals surface area contributed by atoms with Gasteiger partial charge in [0.1, 0.15) is 0 Å². The molecule has 1 unspecified atom stereocenters. The fourth-order valence-corrected chi connectivity index (χ4v) is 2.04. The lowest BCUT2D eigenvalue weighted by molar-refractivity contribution is 0.749. The van der Waals surface area contributed by atoms with Gasteiger partial charge in [0.25, 0.3) is 0 Å². The van der Waals surface area contributed by atoms with Crippen LogP contribution < -0.4 is 5.73 Å². The molecule has 2 N–H and O–H groups in total. The molecule has 0 spiro atoms. The summed E-state index contributed by atoms with van der Waals surface area (Å²) in [4.78, 5) is 0. The van der Waals surface area contributed by atoms with Crippen molar-refractivity contribution < 1.29 is 0 Å². The lowest BCUT2D eigenvalue weighted by atomic mass is 10.0. The van der Waals surface area contributed by atoms with E-state index in [1.807, 2.05) is 6.92 Å². The van der Waals surface area contributed by atoms with Crippen molar-refractivity contribution >= 4 is 15.9 Å². The summed E-state index contributed by atoms with van der Waals surface area (Å²) in [7, 11) is 0. The van der Waals surface area contributed by atoms with Crippen LogP contribution in [0.2, 0.25) is 0 Å². The number of nitrogens with two attached hydrogens (primary N) is 1. The minimum Gasteiger partial charge on any atom is -0.323 e. The summed E-state index contributed by atoms with van der Waals surface area (Å²) in [5, 5.41) is 0. The first-order valence-electron chi connectivity index (χ1n) is 4.56. The van der Waals surface area contributed by atoms with Crippen LogP contribution in [-0.2, 0) is 0 Å². The van der Waals surface area contributed by atoms with Crippen molar-refractivity contribution in [3.63, 3.8) is 0 Å². The zero-order valence-corrected chi connectivity index (χ0v) is 10.1. The Kier molecular flexibility index (Phi) is 4.19. The molecule has 0 fully saturated rings. The predicted octanol–water partition coefficient (Wildman–Crippen LogP) is 3.17. The normalized spacial score (nSPS) is 11.7. The smallest absolute Gasteiger partial charge is 0.0417 e. The van der Waals surface area contributed by atoms with Crippen molar-refractivity contribution in [1.82, 2.24) is 0 Å². The molecular formula is C12H14BrN. The van der Waals surface area contributed by atoms with Gasteiger partial charge >= 0.3 is 0 Å². The van der Waals surface area contributed by atoms with Crippen molar-refractivity contribution in [2.24, 2.45) is 5.73 Å². The maximum Gasteiger partial charge on any atom is 0.0417 e. The largest absolute Gasteiger partial charge is 0.323 e. The SMILES string of the molecule is CC#CCC(N)c1ccc(C)cc1Br. The molecule has 1 nitrogen and oxygen atoms in total. The molecule has 2 heteroatoms. The maximum atomic E-state index is 6.00. The Morgan fingerprint density at radius 2 is 2.21 bits per heavy atom. The molecule has 0 radical (unpaired) electrons. The first kappa shape index (κ1) is 11.3. The minimum atomic E-state index is -0.00238. The van der Waals surface area contributed by atoms with Crippen molar-refractivity contribution in [3.05, 3.63) is 33.8 Å². The maximum absolute atomic E-state index is 6.00. The van der Waals surface area contributed by atoms with Crippen molar-refractivity contribution in [1.29, 1.82) is 0 Å². The van der Waals surface area contributed by atoms with E-state index in [0.29, 0.717) is 6.42 Å². The molecule has 0 aliphatic heterocycles. The van der Waals surface area contributed by atoms with E-state index in [1.54, 1.807) is 0 Å². The zero-order valence-electron chi connectivity index (χ0n) is 8.47. The van der Waals surface area contributed by atoms with Crippen molar-refractivity contribution in [2.75, 3.05) is 0 Å². The van der Waals surface area contributed by atoms with Crippen LogP contribution in [0.25, 0.3) is 0 Å². The molecule has 0 aromatic heterocycles. The third-order valence-corrected chi connectivity index (χ3v) is 2.74. The first-order valence-corrected chi connectivity index (χ1v) is 5.35. The Morgan fingerprint density at radius 1 is 1.50 bits per heavy atom. The quantitative estimate of drug-likeness (QED) is 0.804. The van der Waals surface area contributed by atoms with E-state index >= 15 is 0 Å². The molecule has 1 aromatic carbocycles. The molecule has 0 saturated heterocycles. The second-order valence-electron chi connectivity index (χ2n) is 3.26. The number of benzene rings is 1. The van der Waals surface area contributed by atoms with Gasteiger partial charge in [-0.1, -0.05) is 28.1 Å². The highest BCUT2D eigenvalue weighted by Gasteiger charge is 2.07. The van der Waals surface area contributed by atoms with Gasteiger partial charge in [0, 0.05) is 16.9 Å². The average Bonchev–Trinajstić information content (AvgIpc) is 2.14. The Morgan fingerprint density at radius 3 is 2.79 bits per heavy atom. The second-order valence-corrected chi connectivity index (χ2v) is 4.12. The van der Waals surface area contributed by atoms with Gasteiger partial charge in [-0.25, -0.2) is 0 Å². The molecule has 0 saturated carbocycles. The molecule has 1 rings (SSSR count).